The maximum absolute atomic E-state index is 12.4. The van der Waals surface area contributed by atoms with Crippen LogP contribution in [0.25, 0.3) is 0 Å². The first-order valence-electron chi connectivity index (χ1n) is 8.34. The molecule has 0 aliphatic heterocycles. The van der Waals surface area contributed by atoms with Gasteiger partial charge in [-0.3, -0.25) is 9.59 Å². The highest BCUT2D eigenvalue weighted by atomic mass is 16.2. The summed E-state index contributed by atoms with van der Waals surface area (Å²) < 4.78 is 0. The van der Waals surface area contributed by atoms with Gasteiger partial charge in [-0.05, 0) is 37.7 Å². The van der Waals surface area contributed by atoms with Crippen LogP contribution < -0.4 is 10.6 Å². The van der Waals surface area contributed by atoms with Crippen LogP contribution in [0.4, 0.5) is 11.4 Å². The number of nitrogens with zero attached hydrogens (tertiary/aromatic N) is 1. The van der Waals surface area contributed by atoms with E-state index >= 15 is 0 Å². The zero-order chi connectivity index (χ0) is 18.2. The van der Waals surface area contributed by atoms with Crippen molar-refractivity contribution >= 4 is 23.2 Å². The van der Waals surface area contributed by atoms with E-state index in [9.17, 15) is 9.59 Å². The lowest BCUT2D eigenvalue weighted by Crippen LogP contribution is -2.27. The Hall–Kier alpha value is -2.66. The van der Waals surface area contributed by atoms with Crippen LogP contribution in [0, 0.1) is 0 Å². The molecule has 2 rings (SSSR count). The van der Waals surface area contributed by atoms with Crippen LogP contribution in [0.15, 0.2) is 54.6 Å². The number of rotatable bonds is 7. The third-order valence-electron chi connectivity index (χ3n) is 3.80. The zero-order valence-corrected chi connectivity index (χ0v) is 15.0. The molecule has 0 aliphatic carbocycles. The summed E-state index contributed by atoms with van der Waals surface area (Å²) in [5.74, 6) is -0.0771. The van der Waals surface area contributed by atoms with Gasteiger partial charge in [0.2, 0.25) is 11.8 Å². The lowest BCUT2D eigenvalue weighted by atomic mass is 9.97. The van der Waals surface area contributed by atoms with Gasteiger partial charge in [-0.1, -0.05) is 49.4 Å². The number of anilines is 2. The molecule has 0 saturated carbocycles. The smallest absolute Gasteiger partial charge is 0.238 e. The molecule has 0 aliphatic rings. The van der Waals surface area contributed by atoms with Gasteiger partial charge < -0.3 is 15.5 Å². The minimum atomic E-state index is -0.121. The number of nitrogens with one attached hydrogen (secondary N) is 2. The second-order valence-corrected chi connectivity index (χ2v) is 6.40. The molecule has 5 heteroatoms. The first-order valence-corrected chi connectivity index (χ1v) is 8.34. The third-order valence-corrected chi connectivity index (χ3v) is 3.80. The molecule has 0 unspecified atom stereocenters. The molecule has 5 nitrogen and oxygen atoms in total. The highest BCUT2D eigenvalue weighted by Crippen LogP contribution is 2.23. The molecule has 2 N–H and O–H groups in total. The Morgan fingerprint density at radius 2 is 1.40 bits per heavy atom. The quantitative estimate of drug-likeness (QED) is 0.813. The third kappa shape index (κ3) is 6.04. The number of carbonyl (C=O) groups excluding carboxylic acids is 2. The molecule has 2 amide bonds. The Kier molecular flexibility index (Phi) is 6.71. The predicted molar refractivity (Wildman–Crippen MR) is 102 cm³/mol. The highest BCUT2D eigenvalue weighted by molar-refractivity contribution is 6.00. The summed E-state index contributed by atoms with van der Waals surface area (Å²) in [7, 11) is 3.66. The summed E-state index contributed by atoms with van der Waals surface area (Å²) in [6.07, 6.45) is 0.379. The lowest BCUT2D eigenvalue weighted by molar-refractivity contribution is -0.117. The Labute approximate surface area is 149 Å². The van der Waals surface area contributed by atoms with E-state index in [-0.39, 0.29) is 24.3 Å². The van der Waals surface area contributed by atoms with Crippen molar-refractivity contribution in [2.24, 2.45) is 0 Å². The van der Waals surface area contributed by atoms with E-state index in [0.29, 0.717) is 17.8 Å². The van der Waals surface area contributed by atoms with Gasteiger partial charge in [0, 0.05) is 6.42 Å². The van der Waals surface area contributed by atoms with Gasteiger partial charge in [-0.15, -0.1) is 0 Å². The fourth-order valence-electron chi connectivity index (χ4n) is 2.56. The highest BCUT2D eigenvalue weighted by Gasteiger charge is 2.13. The monoisotopic (exact) mass is 339 g/mol. The molecule has 2 aromatic rings. The van der Waals surface area contributed by atoms with E-state index < -0.39 is 0 Å². The maximum atomic E-state index is 12.4. The van der Waals surface area contributed by atoms with Gasteiger partial charge in [0.1, 0.15) is 0 Å². The van der Waals surface area contributed by atoms with Gasteiger partial charge in [0.15, 0.2) is 0 Å². The fraction of sp³-hybridized carbons (Fsp3) is 0.300. The van der Waals surface area contributed by atoms with E-state index in [1.807, 2.05) is 63.5 Å². The topological polar surface area (TPSA) is 61.4 Å². The molecule has 0 saturated heterocycles. The molecular weight excluding hydrogens is 314 g/mol. The first kappa shape index (κ1) is 18.7. The number of benzene rings is 2. The molecule has 0 bridgehead atoms. The van der Waals surface area contributed by atoms with Crippen molar-refractivity contribution in [3.63, 3.8) is 0 Å². The number of carbonyl (C=O) groups is 2. The fourth-order valence-corrected chi connectivity index (χ4v) is 2.56. The number of hydrogen-bond acceptors (Lipinski definition) is 3. The number of likely N-dealkylation sites (N-methyl/N-ethyl adjacent to an activating group) is 1. The normalized spacial score (nSPS) is 11.8. The summed E-state index contributed by atoms with van der Waals surface area (Å²) in [5.41, 5.74) is 2.35. The molecule has 0 heterocycles. The Bertz CT molecular complexity index is 714. The van der Waals surface area contributed by atoms with E-state index in [0.717, 1.165) is 5.56 Å². The molecule has 0 radical (unpaired) electrons. The van der Waals surface area contributed by atoms with Crippen LogP contribution in [-0.4, -0.2) is 37.4 Å². The molecule has 2 aromatic carbocycles. The predicted octanol–water partition coefficient (Wildman–Crippen LogP) is 3.32. The van der Waals surface area contributed by atoms with Gasteiger partial charge in [0.25, 0.3) is 0 Å². The van der Waals surface area contributed by atoms with Crippen molar-refractivity contribution < 1.29 is 9.59 Å². The van der Waals surface area contributed by atoms with E-state index in [4.69, 9.17) is 0 Å². The van der Waals surface area contributed by atoms with Crippen molar-refractivity contribution in [2.75, 3.05) is 31.3 Å². The minimum absolute atomic E-state index is 0.0781. The Balaban J connectivity index is 2.00. The van der Waals surface area contributed by atoms with Crippen LogP contribution in [0.1, 0.15) is 24.8 Å². The van der Waals surface area contributed by atoms with Gasteiger partial charge >= 0.3 is 0 Å². The average Bonchev–Trinajstić information content (AvgIpc) is 2.56. The van der Waals surface area contributed by atoms with Gasteiger partial charge in [-0.25, -0.2) is 0 Å². The molecule has 132 valence electrons. The first-order chi connectivity index (χ1) is 12.0. The van der Waals surface area contributed by atoms with Crippen molar-refractivity contribution in [1.29, 1.82) is 0 Å². The summed E-state index contributed by atoms with van der Waals surface area (Å²) >= 11 is 0. The number of hydrogen-bond donors (Lipinski definition) is 2. The van der Waals surface area contributed by atoms with Crippen molar-refractivity contribution in [3.8, 4) is 0 Å². The second kappa shape index (κ2) is 8.99. The largest absolute Gasteiger partial charge is 0.324 e. The minimum Gasteiger partial charge on any atom is -0.324 e. The number of para-hydroxylation sites is 2. The summed E-state index contributed by atoms with van der Waals surface area (Å²) in [6, 6.07) is 17.2. The summed E-state index contributed by atoms with van der Waals surface area (Å²) in [4.78, 5) is 26.1. The average molecular weight is 339 g/mol. The van der Waals surface area contributed by atoms with Crippen molar-refractivity contribution in [3.05, 3.63) is 60.2 Å². The standard InChI is InChI=1S/C20H25N3O2/c1-15(16-9-5-4-6-10-16)13-19(24)21-17-11-7-8-12-18(17)22-20(25)14-23(2)3/h4-12,15H,13-14H2,1-3H3,(H,21,24)(H,22,25)/t15-/m1/s1. The molecule has 0 aromatic heterocycles. The maximum Gasteiger partial charge on any atom is 0.238 e. The van der Waals surface area contributed by atoms with E-state index in [1.54, 1.807) is 17.0 Å². The Morgan fingerprint density at radius 3 is 1.96 bits per heavy atom. The van der Waals surface area contributed by atoms with Crippen molar-refractivity contribution in [1.82, 2.24) is 4.90 Å². The molecule has 25 heavy (non-hydrogen) atoms. The molecular formula is C20H25N3O2. The zero-order valence-electron chi connectivity index (χ0n) is 15.0. The van der Waals surface area contributed by atoms with Crippen LogP contribution in [-0.2, 0) is 9.59 Å². The summed E-state index contributed by atoms with van der Waals surface area (Å²) in [5, 5.41) is 5.74. The van der Waals surface area contributed by atoms with E-state index in [2.05, 4.69) is 10.6 Å². The lowest BCUT2D eigenvalue weighted by Gasteiger charge is -2.15. The van der Waals surface area contributed by atoms with Crippen LogP contribution in [0.3, 0.4) is 0 Å². The SMILES string of the molecule is C[C@H](CC(=O)Nc1ccccc1NC(=O)CN(C)C)c1ccccc1. The molecule has 0 spiro atoms. The Morgan fingerprint density at radius 1 is 0.880 bits per heavy atom. The number of amides is 2. The molecule has 0 fully saturated rings. The summed E-state index contributed by atoms with van der Waals surface area (Å²) in [6.45, 7) is 2.31. The van der Waals surface area contributed by atoms with E-state index in [1.165, 1.54) is 0 Å². The van der Waals surface area contributed by atoms with Crippen LogP contribution in [0.2, 0.25) is 0 Å². The van der Waals surface area contributed by atoms with Gasteiger partial charge in [-0.2, -0.15) is 0 Å². The second-order valence-electron chi connectivity index (χ2n) is 6.40. The van der Waals surface area contributed by atoms with Crippen LogP contribution in [0.5, 0.6) is 0 Å². The molecule has 1 atom stereocenters. The van der Waals surface area contributed by atoms with Crippen LogP contribution >= 0.6 is 0 Å². The van der Waals surface area contributed by atoms with Crippen molar-refractivity contribution in [2.45, 2.75) is 19.3 Å². The van der Waals surface area contributed by atoms with Gasteiger partial charge in [0.05, 0.1) is 17.9 Å².